The van der Waals surface area contributed by atoms with Gasteiger partial charge in [0.25, 0.3) is 0 Å². The molecule has 5 nitrogen and oxygen atoms in total. The van der Waals surface area contributed by atoms with Crippen LogP contribution in [0.5, 0.6) is 5.75 Å². The Morgan fingerprint density at radius 2 is 1.83 bits per heavy atom. The fraction of sp³-hybridized carbons (Fsp3) is 0.310. The van der Waals surface area contributed by atoms with Gasteiger partial charge in [-0.3, -0.25) is 4.90 Å². The van der Waals surface area contributed by atoms with Crippen molar-refractivity contribution in [2.75, 3.05) is 6.54 Å². The number of likely N-dealkylation sites (tertiary alicyclic amines) is 1. The lowest BCUT2D eigenvalue weighted by molar-refractivity contribution is 0.0224. The molecule has 5 rings (SSSR count). The van der Waals surface area contributed by atoms with Crippen molar-refractivity contribution in [2.24, 2.45) is 0 Å². The minimum Gasteiger partial charge on any atom is -0.488 e. The fourth-order valence-electron chi connectivity index (χ4n) is 4.49. The maximum Gasteiger partial charge on any atom is 0.410 e. The van der Waals surface area contributed by atoms with Gasteiger partial charge in [-0.15, -0.1) is 11.3 Å². The topological polar surface area (TPSA) is 51.7 Å². The van der Waals surface area contributed by atoms with Gasteiger partial charge in [0.15, 0.2) is 0 Å². The van der Waals surface area contributed by atoms with Crippen LogP contribution in [-0.2, 0) is 11.3 Å². The van der Waals surface area contributed by atoms with Crippen molar-refractivity contribution >= 4 is 28.2 Å². The number of rotatable bonds is 5. The summed E-state index contributed by atoms with van der Waals surface area (Å²) < 4.78 is 12.0. The van der Waals surface area contributed by atoms with Gasteiger partial charge in [0.05, 0.1) is 17.3 Å². The van der Waals surface area contributed by atoms with Gasteiger partial charge in [0, 0.05) is 11.9 Å². The zero-order valence-corrected chi connectivity index (χ0v) is 21.2. The highest BCUT2D eigenvalue weighted by Crippen LogP contribution is 2.41. The Hall–Kier alpha value is -3.38. The Balaban J connectivity index is 1.48. The second kappa shape index (κ2) is 9.70. The van der Waals surface area contributed by atoms with Crippen molar-refractivity contribution in [3.05, 3.63) is 82.7 Å². The third-order valence-corrected chi connectivity index (χ3v) is 7.02. The highest BCUT2D eigenvalue weighted by Gasteiger charge is 2.35. The van der Waals surface area contributed by atoms with Crippen molar-refractivity contribution in [3.8, 4) is 17.0 Å². The minimum atomic E-state index is -0.522. The molecule has 0 aliphatic carbocycles. The van der Waals surface area contributed by atoms with E-state index in [1.165, 1.54) is 0 Å². The number of ether oxygens (including phenoxy) is 2. The standard InChI is InChI=1S/C29H30N2O3S/c1-29(2,3)34-28(32)31-17-9-14-24(31)27-30-23(19-35-27)26-22-13-8-7-12-21(22)15-16-25(26)33-18-20-10-5-4-6-11-20/h4-8,10-13,15-16,19,24H,9,14,17-18H2,1-3H3/t24-/m0/s1. The molecule has 180 valence electrons. The molecule has 0 N–H and O–H groups in total. The van der Waals surface area contributed by atoms with Crippen molar-refractivity contribution < 1.29 is 14.3 Å². The number of nitrogens with zero attached hydrogens (tertiary/aromatic N) is 2. The average Bonchev–Trinajstić information content (AvgIpc) is 3.52. The summed E-state index contributed by atoms with van der Waals surface area (Å²) in [6.45, 7) is 6.87. The molecule has 4 aromatic rings. The normalized spacial score (nSPS) is 16.0. The van der Waals surface area contributed by atoms with Crippen LogP contribution in [0.25, 0.3) is 22.0 Å². The maximum atomic E-state index is 12.8. The number of aromatic nitrogens is 1. The van der Waals surface area contributed by atoms with E-state index in [1.807, 2.05) is 62.1 Å². The molecule has 2 heterocycles. The molecule has 1 saturated heterocycles. The van der Waals surface area contributed by atoms with Gasteiger partial charge in [0.2, 0.25) is 0 Å². The summed E-state index contributed by atoms with van der Waals surface area (Å²) in [4.78, 5) is 19.7. The van der Waals surface area contributed by atoms with Gasteiger partial charge >= 0.3 is 6.09 Å². The highest BCUT2D eigenvalue weighted by atomic mass is 32.1. The maximum absolute atomic E-state index is 12.8. The van der Waals surface area contributed by atoms with E-state index in [0.717, 1.165) is 51.2 Å². The predicted octanol–water partition coefficient (Wildman–Crippen LogP) is 7.61. The Bertz CT molecular complexity index is 1330. The van der Waals surface area contributed by atoms with Gasteiger partial charge in [-0.05, 0) is 56.0 Å². The van der Waals surface area contributed by atoms with E-state index in [-0.39, 0.29) is 12.1 Å². The molecule has 0 unspecified atom stereocenters. The number of benzene rings is 3. The summed E-state index contributed by atoms with van der Waals surface area (Å²) in [5.74, 6) is 0.805. The van der Waals surface area contributed by atoms with Crippen LogP contribution in [0.1, 0.15) is 50.2 Å². The number of fused-ring (bicyclic) bond motifs is 1. The van der Waals surface area contributed by atoms with Crippen LogP contribution in [0.3, 0.4) is 0 Å². The summed E-state index contributed by atoms with van der Waals surface area (Å²) in [7, 11) is 0. The summed E-state index contributed by atoms with van der Waals surface area (Å²) in [5.41, 5.74) is 2.46. The van der Waals surface area contributed by atoms with Crippen LogP contribution < -0.4 is 4.74 Å². The second-order valence-corrected chi connectivity index (χ2v) is 10.7. The smallest absolute Gasteiger partial charge is 0.410 e. The first kappa shape index (κ1) is 23.4. The van der Waals surface area contributed by atoms with Crippen LogP contribution in [0, 0.1) is 0 Å². The molecular formula is C29H30N2O3S. The van der Waals surface area contributed by atoms with Crippen molar-refractivity contribution in [1.29, 1.82) is 0 Å². The summed E-state index contributed by atoms with van der Waals surface area (Å²) in [5, 5.41) is 5.26. The Labute approximate surface area is 210 Å². The zero-order valence-electron chi connectivity index (χ0n) is 20.4. The van der Waals surface area contributed by atoms with Gasteiger partial charge in [-0.2, -0.15) is 0 Å². The molecule has 6 heteroatoms. The summed E-state index contributed by atoms with van der Waals surface area (Å²) in [6.07, 6.45) is 1.56. The van der Waals surface area contributed by atoms with Crippen LogP contribution in [0.4, 0.5) is 4.79 Å². The van der Waals surface area contributed by atoms with Gasteiger partial charge in [-0.1, -0.05) is 60.7 Å². The van der Waals surface area contributed by atoms with Crippen LogP contribution in [0.15, 0.2) is 72.1 Å². The van der Waals surface area contributed by atoms with Crippen molar-refractivity contribution in [3.63, 3.8) is 0 Å². The molecule has 0 bridgehead atoms. The first-order valence-electron chi connectivity index (χ1n) is 12.0. The number of hydrogen-bond donors (Lipinski definition) is 0. The molecule has 0 radical (unpaired) electrons. The first-order chi connectivity index (χ1) is 16.9. The molecule has 1 fully saturated rings. The Morgan fingerprint density at radius 3 is 2.63 bits per heavy atom. The monoisotopic (exact) mass is 486 g/mol. The SMILES string of the molecule is CC(C)(C)OC(=O)N1CCC[C@H]1c1nc(-c2c(OCc3ccccc3)ccc3ccccc23)cs1. The highest BCUT2D eigenvalue weighted by molar-refractivity contribution is 7.10. The molecule has 1 aromatic heterocycles. The van der Waals surface area contributed by atoms with Crippen LogP contribution >= 0.6 is 11.3 Å². The third-order valence-electron chi connectivity index (χ3n) is 6.07. The van der Waals surface area contributed by atoms with E-state index in [9.17, 15) is 4.79 Å². The molecule has 1 atom stereocenters. The predicted molar refractivity (Wildman–Crippen MR) is 141 cm³/mol. The molecule has 1 aliphatic heterocycles. The van der Waals surface area contributed by atoms with E-state index in [1.54, 1.807) is 11.3 Å². The zero-order chi connectivity index (χ0) is 24.4. The lowest BCUT2D eigenvalue weighted by Crippen LogP contribution is -2.36. The molecule has 1 amide bonds. The van der Waals surface area contributed by atoms with Gasteiger partial charge < -0.3 is 9.47 Å². The molecule has 35 heavy (non-hydrogen) atoms. The summed E-state index contributed by atoms with van der Waals surface area (Å²) >= 11 is 1.60. The Kier molecular flexibility index (Phi) is 6.48. The largest absolute Gasteiger partial charge is 0.488 e. The third kappa shape index (κ3) is 5.17. The number of carbonyl (C=O) groups excluding carboxylic acids is 1. The van der Waals surface area contributed by atoms with E-state index in [2.05, 4.69) is 35.7 Å². The first-order valence-corrected chi connectivity index (χ1v) is 12.9. The van der Waals surface area contributed by atoms with E-state index >= 15 is 0 Å². The van der Waals surface area contributed by atoms with Gasteiger partial charge in [-0.25, -0.2) is 9.78 Å². The van der Waals surface area contributed by atoms with Gasteiger partial charge in [0.1, 0.15) is 23.0 Å². The minimum absolute atomic E-state index is 0.0627. The fourth-order valence-corrected chi connectivity index (χ4v) is 5.45. The average molecular weight is 487 g/mol. The number of thiazole rings is 1. The molecular weight excluding hydrogens is 456 g/mol. The van der Waals surface area contributed by atoms with Crippen molar-refractivity contribution in [2.45, 2.75) is 51.9 Å². The second-order valence-electron chi connectivity index (χ2n) is 9.84. The Morgan fingerprint density at radius 1 is 1.06 bits per heavy atom. The number of hydrogen-bond acceptors (Lipinski definition) is 5. The van der Waals surface area contributed by atoms with Crippen LogP contribution in [0.2, 0.25) is 0 Å². The quantitative estimate of drug-likeness (QED) is 0.291. The van der Waals surface area contributed by atoms with E-state index in [0.29, 0.717) is 13.2 Å². The van der Waals surface area contributed by atoms with Crippen LogP contribution in [-0.4, -0.2) is 28.1 Å². The van der Waals surface area contributed by atoms with E-state index < -0.39 is 5.60 Å². The molecule has 3 aromatic carbocycles. The number of carbonyl (C=O) groups is 1. The number of amides is 1. The summed E-state index contributed by atoms with van der Waals surface area (Å²) in [6, 6.07) is 22.5. The lowest BCUT2D eigenvalue weighted by atomic mass is 10.0. The molecule has 0 spiro atoms. The molecule has 0 saturated carbocycles. The van der Waals surface area contributed by atoms with E-state index in [4.69, 9.17) is 14.5 Å². The molecule has 1 aliphatic rings. The lowest BCUT2D eigenvalue weighted by Gasteiger charge is -2.27. The van der Waals surface area contributed by atoms with Crippen molar-refractivity contribution in [1.82, 2.24) is 9.88 Å².